The van der Waals surface area contributed by atoms with Crippen molar-refractivity contribution in [2.75, 3.05) is 6.26 Å². The molecule has 0 aliphatic carbocycles. The Bertz CT molecular complexity index is 534. The van der Waals surface area contributed by atoms with Crippen molar-refractivity contribution in [1.29, 1.82) is 0 Å². The molecule has 1 aromatic heterocycles. The molecule has 0 N–H and O–H groups in total. The van der Waals surface area contributed by atoms with Crippen LogP contribution >= 0.6 is 11.8 Å². The van der Waals surface area contributed by atoms with E-state index >= 15 is 0 Å². The number of carbonyl (C=O) groups is 1. The van der Waals surface area contributed by atoms with Crippen LogP contribution in [0, 0.1) is 6.92 Å². The second kappa shape index (κ2) is 5.19. The summed E-state index contributed by atoms with van der Waals surface area (Å²) in [6.07, 6.45) is 5.78. The summed E-state index contributed by atoms with van der Waals surface area (Å²) in [4.78, 5) is 17.3. The molecular weight excluding hydrogens is 232 g/mol. The van der Waals surface area contributed by atoms with Crippen LogP contribution < -0.4 is 0 Å². The van der Waals surface area contributed by atoms with E-state index in [2.05, 4.69) is 4.98 Å². The zero-order valence-corrected chi connectivity index (χ0v) is 10.7. The summed E-state index contributed by atoms with van der Waals surface area (Å²) in [6, 6.07) is 7.98. The van der Waals surface area contributed by atoms with Crippen LogP contribution in [0.4, 0.5) is 0 Å². The highest BCUT2D eigenvalue weighted by molar-refractivity contribution is 7.98. The van der Waals surface area contributed by atoms with E-state index in [-0.39, 0.29) is 5.91 Å². The van der Waals surface area contributed by atoms with Gasteiger partial charge in [-0.25, -0.2) is 4.98 Å². The van der Waals surface area contributed by atoms with Crippen molar-refractivity contribution in [3.63, 3.8) is 0 Å². The maximum atomic E-state index is 12.1. The zero-order chi connectivity index (χ0) is 12.3. The first-order valence-electron chi connectivity index (χ1n) is 5.37. The third-order valence-electron chi connectivity index (χ3n) is 2.63. The van der Waals surface area contributed by atoms with Gasteiger partial charge in [-0.15, -0.1) is 11.8 Å². The van der Waals surface area contributed by atoms with Crippen LogP contribution in [-0.4, -0.2) is 21.7 Å². The summed E-state index contributed by atoms with van der Waals surface area (Å²) in [7, 11) is 0. The van der Waals surface area contributed by atoms with Crippen LogP contribution in [0.3, 0.4) is 0 Å². The van der Waals surface area contributed by atoms with Gasteiger partial charge in [0.05, 0.1) is 6.42 Å². The fraction of sp³-hybridized carbons (Fsp3) is 0.231. The standard InChI is InChI=1S/C13H14N2OS/c1-10-14-7-8-15(10)13(16)9-11-5-3-4-6-12(11)17-2/h3-8H,9H2,1-2H3. The Kier molecular flexibility index (Phi) is 3.64. The molecule has 0 saturated carbocycles. The maximum Gasteiger partial charge on any atom is 0.236 e. The molecule has 0 saturated heterocycles. The van der Waals surface area contributed by atoms with E-state index in [0.717, 1.165) is 16.3 Å². The Hall–Kier alpha value is -1.55. The maximum absolute atomic E-state index is 12.1. The summed E-state index contributed by atoms with van der Waals surface area (Å²) in [5.41, 5.74) is 1.07. The number of nitrogens with zero attached hydrogens (tertiary/aromatic N) is 2. The fourth-order valence-electron chi connectivity index (χ4n) is 1.74. The van der Waals surface area contributed by atoms with Crippen LogP contribution in [0.15, 0.2) is 41.6 Å². The predicted molar refractivity (Wildman–Crippen MR) is 69.5 cm³/mol. The van der Waals surface area contributed by atoms with Gasteiger partial charge in [-0.3, -0.25) is 9.36 Å². The number of hydrogen-bond acceptors (Lipinski definition) is 3. The van der Waals surface area contributed by atoms with E-state index in [1.54, 1.807) is 28.7 Å². The molecule has 0 aliphatic heterocycles. The third kappa shape index (κ3) is 2.58. The minimum absolute atomic E-state index is 0.0569. The highest BCUT2D eigenvalue weighted by atomic mass is 32.2. The Labute approximate surface area is 105 Å². The van der Waals surface area contributed by atoms with Crippen LogP contribution in [0.1, 0.15) is 16.2 Å². The van der Waals surface area contributed by atoms with E-state index in [4.69, 9.17) is 0 Å². The summed E-state index contributed by atoms with van der Waals surface area (Å²) in [6.45, 7) is 1.83. The molecular formula is C13H14N2OS. The second-order valence-corrected chi connectivity index (χ2v) is 4.57. The molecule has 1 heterocycles. The Balaban J connectivity index is 2.22. The van der Waals surface area contributed by atoms with Gasteiger partial charge in [0.1, 0.15) is 5.82 Å². The van der Waals surface area contributed by atoms with Crippen molar-refractivity contribution in [2.24, 2.45) is 0 Å². The van der Waals surface area contributed by atoms with Crippen molar-refractivity contribution < 1.29 is 4.79 Å². The molecule has 0 aliphatic rings. The van der Waals surface area contributed by atoms with Crippen LogP contribution in [0.5, 0.6) is 0 Å². The van der Waals surface area contributed by atoms with E-state index in [0.29, 0.717) is 6.42 Å². The number of aromatic nitrogens is 2. The number of rotatable bonds is 3. The smallest absolute Gasteiger partial charge is 0.236 e. The van der Waals surface area contributed by atoms with E-state index in [1.807, 2.05) is 37.4 Å². The summed E-state index contributed by atoms with van der Waals surface area (Å²) in [5, 5.41) is 0. The molecule has 3 nitrogen and oxygen atoms in total. The van der Waals surface area contributed by atoms with Crippen molar-refractivity contribution in [1.82, 2.24) is 9.55 Å². The zero-order valence-electron chi connectivity index (χ0n) is 9.88. The molecule has 17 heavy (non-hydrogen) atoms. The molecule has 2 aromatic rings. The lowest BCUT2D eigenvalue weighted by molar-refractivity contribution is 0.0911. The quantitative estimate of drug-likeness (QED) is 0.781. The lowest BCUT2D eigenvalue weighted by Crippen LogP contribution is -2.14. The normalized spacial score (nSPS) is 10.5. The molecule has 0 bridgehead atoms. The van der Waals surface area contributed by atoms with Crippen LogP contribution in [-0.2, 0) is 6.42 Å². The minimum atomic E-state index is 0.0569. The Morgan fingerprint density at radius 2 is 2.18 bits per heavy atom. The van der Waals surface area contributed by atoms with Crippen molar-refractivity contribution in [3.05, 3.63) is 48.0 Å². The summed E-state index contributed by atoms with van der Waals surface area (Å²) >= 11 is 1.66. The van der Waals surface area contributed by atoms with Crippen molar-refractivity contribution >= 4 is 17.7 Å². The van der Waals surface area contributed by atoms with Crippen molar-refractivity contribution in [3.8, 4) is 0 Å². The number of hydrogen-bond donors (Lipinski definition) is 0. The van der Waals surface area contributed by atoms with Gasteiger partial charge in [-0.05, 0) is 24.8 Å². The Morgan fingerprint density at radius 3 is 2.82 bits per heavy atom. The predicted octanol–water partition coefficient (Wildman–Crippen LogP) is 2.80. The molecule has 0 unspecified atom stereocenters. The molecule has 0 spiro atoms. The number of benzene rings is 1. The van der Waals surface area contributed by atoms with E-state index in [1.165, 1.54) is 0 Å². The fourth-order valence-corrected chi connectivity index (χ4v) is 2.36. The van der Waals surface area contributed by atoms with E-state index < -0.39 is 0 Å². The number of aryl methyl sites for hydroxylation is 1. The van der Waals surface area contributed by atoms with Crippen molar-refractivity contribution in [2.45, 2.75) is 18.2 Å². The highest BCUT2D eigenvalue weighted by Gasteiger charge is 2.10. The lowest BCUT2D eigenvalue weighted by Gasteiger charge is -2.07. The highest BCUT2D eigenvalue weighted by Crippen LogP contribution is 2.20. The first kappa shape index (κ1) is 11.9. The second-order valence-electron chi connectivity index (χ2n) is 3.73. The molecule has 0 fully saturated rings. The minimum Gasteiger partial charge on any atom is -0.274 e. The average Bonchev–Trinajstić information content (AvgIpc) is 2.76. The number of imidazole rings is 1. The molecule has 1 aromatic carbocycles. The molecule has 2 rings (SSSR count). The van der Waals surface area contributed by atoms with E-state index in [9.17, 15) is 4.79 Å². The van der Waals surface area contributed by atoms with Crippen LogP contribution in [0.25, 0.3) is 0 Å². The molecule has 0 amide bonds. The average molecular weight is 246 g/mol. The molecule has 4 heteroatoms. The van der Waals surface area contributed by atoms with Gasteiger partial charge in [-0.2, -0.15) is 0 Å². The topological polar surface area (TPSA) is 34.9 Å². The van der Waals surface area contributed by atoms with Crippen LogP contribution in [0.2, 0.25) is 0 Å². The van der Waals surface area contributed by atoms with Gasteiger partial charge in [0.15, 0.2) is 0 Å². The lowest BCUT2D eigenvalue weighted by atomic mass is 10.1. The van der Waals surface area contributed by atoms with Gasteiger partial charge in [0, 0.05) is 17.3 Å². The summed E-state index contributed by atoms with van der Waals surface area (Å²) in [5.74, 6) is 0.790. The van der Waals surface area contributed by atoms with Gasteiger partial charge in [0.25, 0.3) is 0 Å². The monoisotopic (exact) mass is 246 g/mol. The molecule has 0 radical (unpaired) electrons. The van der Waals surface area contributed by atoms with Gasteiger partial charge in [0.2, 0.25) is 5.91 Å². The Morgan fingerprint density at radius 1 is 1.41 bits per heavy atom. The first-order chi connectivity index (χ1) is 8.22. The number of carbonyl (C=O) groups excluding carboxylic acids is 1. The summed E-state index contributed by atoms with van der Waals surface area (Å²) < 4.78 is 1.59. The first-order valence-corrected chi connectivity index (χ1v) is 6.60. The number of thioether (sulfide) groups is 1. The molecule has 88 valence electrons. The molecule has 0 atom stereocenters. The SMILES string of the molecule is CSc1ccccc1CC(=O)n1ccnc1C. The van der Waals surface area contributed by atoms with Gasteiger partial charge in [-0.1, -0.05) is 18.2 Å². The van der Waals surface area contributed by atoms with Gasteiger partial charge >= 0.3 is 0 Å². The largest absolute Gasteiger partial charge is 0.274 e. The van der Waals surface area contributed by atoms with Gasteiger partial charge < -0.3 is 0 Å². The third-order valence-corrected chi connectivity index (χ3v) is 3.47.